The topological polar surface area (TPSA) is 80.3 Å². The second kappa shape index (κ2) is 8.75. The molecule has 0 aliphatic carbocycles. The number of nitrogens with zero attached hydrogens (tertiary/aromatic N) is 1. The Morgan fingerprint density at radius 1 is 1.11 bits per heavy atom. The van der Waals surface area contributed by atoms with Crippen LogP contribution in [0.25, 0.3) is 10.9 Å². The van der Waals surface area contributed by atoms with Gasteiger partial charge in [0.15, 0.2) is 0 Å². The summed E-state index contributed by atoms with van der Waals surface area (Å²) in [5, 5.41) is 2.16. The molecule has 0 saturated heterocycles. The summed E-state index contributed by atoms with van der Waals surface area (Å²) in [5.74, 6) is -0.403. The van der Waals surface area contributed by atoms with Crippen molar-refractivity contribution in [2.75, 3.05) is 12.9 Å². The van der Waals surface area contributed by atoms with E-state index in [-0.39, 0.29) is 17.2 Å². The molecule has 2 N–H and O–H groups in total. The molecule has 0 aliphatic rings. The van der Waals surface area contributed by atoms with Gasteiger partial charge in [0.2, 0.25) is 5.91 Å². The van der Waals surface area contributed by atoms with Crippen molar-refractivity contribution in [3.8, 4) is 5.75 Å². The lowest BCUT2D eigenvalue weighted by molar-refractivity contribution is -0.119. The van der Waals surface area contributed by atoms with Crippen LogP contribution in [-0.4, -0.2) is 29.7 Å². The average Bonchev–Trinajstić information content (AvgIpc) is 2.70. The third-order valence-electron chi connectivity index (χ3n) is 3.65. The summed E-state index contributed by atoms with van der Waals surface area (Å²) < 4.78 is 5.12. The van der Waals surface area contributed by atoms with Crippen molar-refractivity contribution in [3.63, 3.8) is 0 Å². The van der Waals surface area contributed by atoms with Crippen molar-refractivity contribution >= 4 is 46.1 Å². The monoisotopic (exact) mass is 401 g/mol. The molecule has 2 aromatic carbocycles. The van der Waals surface area contributed by atoms with Crippen molar-refractivity contribution < 1.29 is 14.3 Å². The predicted molar refractivity (Wildman–Crippen MR) is 106 cm³/mol. The quantitative estimate of drug-likeness (QED) is 0.505. The Labute approximate surface area is 165 Å². The Balaban J connectivity index is 1.54. The van der Waals surface area contributed by atoms with Gasteiger partial charge in [-0.1, -0.05) is 47.6 Å². The van der Waals surface area contributed by atoms with Crippen LogP contribution in [0.4, 0.5) is 0 Å². The zero-order chi connectivity index (χ0) is 19.2. The van der Waals surface area contributed by atoms with Gasteiger partial charge in [0, 0.05) is 10.4 Å². The number of pyridine rings is 1. The van der Waals surface area contributed by atoms with E-state index in [0.29, 0.717) is 10.8 Å². The molecule has 1 heterocycles. The largest absolute Gasteiger partial charge is 0.496 e. The molecule has 0 unspecified atom stereocenters. The van der Waals surface area contributed by atoms with E-state index in [9.17, 15) is 9.59 Å². The molecule has 138 valence electrons. The molecule has 8 heteroatoms. The minimum Gasteiger partial charge on any atom is -0.496 e. The molecule has 0 radical (unpaired) electrons. The summed E-state index contributed by atoms with van der Waals surface area (Å²) in [6.07, 6.45) is 0. The second-order valence-corrected chi connectivity index (χ2v) is 6.91. The lowest BCUT2D eigenvalue weighted by Crippen LogP contribution is -2.42. The highest BCUT2D eigenvalue weighted by Crippen LogP contribution is 2.22. The summed E-state index contributed by atoms with van der Waals surface area (Å²) in [7, 11) is 1.45. The first-order chi connectivity index (χ1) is 13.1. The summed E-state index contributed by atoms with van der Waals surface area (Å²) in [6.45, 7) is 0. The number of hydrogen-bond donors (Lipinski definition) is 2. The fourth-order valence-corrected chi connectivity index (χ4v) is 3.21. The number of para-hydroxylation sites is 1. The average molecular weight is 402 g/mol. The molecular formula is C19H16ClN3O3S. The van der Waals surface area contributed by atoms with Gasteiger partial charge in [0.1, 0.15) is 5.75 Å². The van der Waals surface area contributed by atoms with E-state index < -0.39 is 5.91 Å². The normalized spacial score (nSPS) is 10.4. The van der Waals surface area contributed by atoms with Gasteiger partial charge in [-0.3, -0.25) is 20.4 Å². The number of thioether (sulfide) groups is 1. The number of methoxy groups -OCH3 is 1. The van der Waals surface area contributed by atoms with Gasteiger partial charge >= 0.3 is 0 Å². The Morgan fingerprint density at radius 2 is 1.93 bits per heavy atom. The second-order valence-electron chi connectivity index (χ2n) is 5.48. The lowest BCUT2D eigenvalue weighted by atomic mass is 10.2. The highest BCUT2D eigenvalue weighted by Gasteiger charge is 2.14. The van der Waals surface area contributed by atoms with Gasteiger partial charge in [0.05, 0.1) is 29.0 Å². The molecule has 6 nitrogen and oxygen atoms in total. The Kier molecular flexibility index (Phi) is 6.16. The zero-order valence-corrected chi connectivity index (χ0v) is 15.9. The van der Waals surface area contributed by atoms with Crippen LogP contribution in [0.3, 0.4) is 0 Å². The molecule has 2 amide bonds. The van der Waals surface area contributed by atoms with Crippen LogP contribution in [0.1, 0.15) is 10.4 Å². The molecule has 0 bridgehead atoms. The number of benzene rings is 2. The van der Waals surface area contributed by atoms with Crippen LogP contribution in [0.15, 0.2) is 59.6 Å². The molecule has 27 heavy (non-hydrogen) atoms. The van der Waals surface area contributed by atoms with E-state index in [4.69, 9.17) is 16.3 Å². The van der Waals surface area contributed by atoms with Crippen LogP contribution in [0, 0.1) is 0 Å². The first kappa shape index (κ1) is 19.0. The first-order valence-electron chi connectivity index (χ1n) is 7.98. The van der Waals surface area contributed by atoms with Crippen LogP contribution >= 0.6 is 23.4 Å². The summed E-state index contributed by atoms with van der Waals surface area (Å²) >= 11 is 7.19. The van der Waals surface area contributed by atoms with Gasteiger partial charge in [-0.05, 0) is 30.3 Å². The molecule has 0 saturated carbocycles. The maximum Gasteiger partial charge on any atom is 0.273 e. The third-order valence-corrected chi connectivity index (χ3v) is 4.81. The fraction of sp³-hybridized carbons (Fsp3) is 0.105. The minimum atomic E-state index is -0.517. The predicted octanol–water partition coefficient (Wildman–Crippen LogP) is 3.45. The number of amides is 2. The van der Waals surface area contributed by atoms with Crippen molar-refractivity contribution in [2.24, 2.45) is 0 Å². The number of carbonyl (C=O) groups excluding carboxylic acids is 2. The van der Waals surface area contributed by atoms with E-state index in [1.165, 1.54) is 24.9 Å². The van der Waals surface area contributed by atoms with Crippen LogP contribution in [0.5, 0.6) is 5.75 Å². The van der Waals surface area contributed by atoms with Crippen molar-refractivity contribution in [1.82, 2.24) is 15.8 Å². The van der Waals surface area contributed by atoms with Gasteiger partial charge in [-0.25, -0.2) is 4.98 Å². The van der Waals surface area contributed by atoms with E-state index >= 15 is 0 Å². The smallest absolute Gasteiger partial charge is 0.273 e. The number of rotatable bonds is 5. The Hall–Kier alpha value is -2.77. The Morgan fingerprint density at radius 3 is 2.74 bits per heavy atom. The van der Waals surface area contributed by atoms with Gasteiger partial charge in [-0.2, -0.15) is 0 Å². The molecule has 0 fully saturated rings. The molecular weight excluding hydrogens is 386 g/mol. The van der Waals surface area contributed by atoms with Crippen molar-refractivity contribution in [3.05, 3.63) is 65.2 Å². The van der Waals surface area contributed by atoms with Gasteiger partial charge < -0.3 is 4.74 Å². The number of carbonyl (C=O) groups is 2. The number of fused-ring (bicyclic) bond motifs is 1. The summed E-state index contributed by atoms with van der Waals surface area (Å²) in [6, 6.07) is 16.2. The summed E-state index contributed by atoms with van der Waals surface area (Å²) in [5.41, 5.74) is 5.82. The number of hydrazine groups is 1. The van der Waals surface area contributed by atoms with Crippen LogP contribution in [0.2, 0.25) is 5.02 Å². The maximum atomic E-state index is 12.2. The number of halogens is 1. The van der Waals surface area contributed by atoms with E-state index in [1.54, 1.807) is 12.1 Å². The number of nitrogens with one attached hydrogen (secondary N) is 2. The molecule has 3 aromatic rings. The molecule has 0 spiro atoms. The van der Waals surface area contributed by atoms with Gasteiger partial charge in [-0.15, -0.1) is 0 Å². The standard InChI is InChI=1S/C19H16ClN3O3S/c1-26-16-8-7-13(20)10-14(16)19(25)23-22-17(24)11-27-18-9-6-12-4-2-3-5-15(12)21-18/h2-10H,11H2,1H3,(H,22,24)(H,23,25). The van der Waals surface area contributed by atoms with E-state index in [2.05, 4.69) is 15.8 Å². The molecule has 1 aromatic heterocycles. The fourth-order valence-electron chi connectivity index (χ4n) is 2.35. The summed E-state index contributed by atoms with van der Waals surface area (Å²) in [4.78, 5) is 28.7. The lowest BCUT2D eigenvalue weighted by Gasteiger charge is -2.10. The highest BCUT2D eigenvalue weighted by atomic mass is 35.5. The SMILES string of the molecule is COc1ccc(Cl)cc1C(=O)NNC(=O)CSc1ccc2ccccc2n1. The minimum absolute atomic E-state index is 0.109. The Bertz CT molecular complexity index is 997. The van der Waals surface area contributed by atoms with Gasteiger partial charge in [0.25, 0.3) is 5.91 Å². The van der Waals surface area contributed by atoms with E-state index in [1.807, 2.05) is 36.4 Å². The maximum absolute atomic E-state index is 12.2. The van der Waals surface area contributed by atoms with Crippen molar-refractivity contribution in [1.29, 1.82) is 0 Å². The molecule has 0 atom stereocenters. The number of aromatic nitrogens is 1. The van der Waals surface area contributed by atoms with Crippen LogP contribution in [-0.2, 0) is 4.79 Å². The molecule has 3 rings (SSSR count). The zero-order valence-electron chi connectivity index (χ0n) is 14.4. The van der Waals surface area contributed by atoms with Crippen LogP contribution < -0.4 is 15.6 Å². The van der Waals surface area contributed by atoms with E-state index in [0.717, 1.165) is 15.9 Å². The molecule has 0 aliphatic heterocycles. The third kappa shape index (κ3) is 4.90. The number of ether oxygens (including phenoxy) is 1. The number of hydrogen-bond acceptors (Lipinski definition) is 5. The highest BCUT2D eigenvalue weighted by molar-refractivity contribution is 7.99. The van der Waals surface area contributed by atoms with Crippen molar-refractivity contribution in [2.45, 2.75) is 5.03 Å². The first-order valence-corrected chi connectivity index (χ1v) is 9.34.